The van der Waals surface area contributed by atoms with Crippen LogP contribution in [0.2, 0.25) is 0 Å². The van der Waals surface area contributed by atoms with Gasteiger partial charge in [-0.2, -0.15) is 0 Å². The third-order valence-electron chi connectivity index (χ3n) is 4.11. The van der Waals surface area contributed by atoms with Gasteiger partial charge in [-0.1, -0.05) is 23.1 Å². The van der Waals surface area contributed by atoms with E-state index in [1.165, 1.54) is 23.1 Å². The molecular weight excluding hydrogens is 368 g/mol. The molecule has 1 saturated heterocycles. The van der Waals surface area contributed by atoms with Crippen molar-refractivity contribution in [3.8, 4) is 0 Å². The first-order valence-electron chi connectivity index (χ1n) is 7.40. The van der Waals surface area contributed by atoms with Gasteiger partial charge in [0.1, 0.15) is 0 Å². The van der Waals surface area contributed by atoms with Gasteiger partial charge in [-0.25, -0.2) is 8.42 Å². The maximum Gasteiger partial charge on any atom is 0.203 e. The Hall–Kier alpha value is -1.39. The Morgan fingerprint density at radius 2 is 2.21 bits per heavy atom. The Balaban J connectivity index is 1.77. The molecule has 10 heteroatoms. The largest absolute Gasteiger partial charge is 0.374 e. The Kier molecular flexibility index (Phi) is 4.71. The van der Waals surface area contributed by atoms with Crippen LogP contribution in [0, 0.1) is 13.8 Å². The minimum atomic E-state index is -2.97. The molecule has 0 bridgehead atoms. The van der Waals surface area contributed by atoms with Crippen LogP contribution in [0.4, 0.5) is 5.13 Å². The van der Waals surface area contributed by atoms with Crippen molar-refractivity contribution in [2.24, 2.45) is 0 Å². The fourth-order valence-electron chi connectivity index (χ4n) is 3.08. The maximum absolute atomic E-state index is 12.5. The van der Waals surface area contributed by atoms with Crippen molar-refractivity contribution >= 4 is 43.9 Å². The van der Waals surface area contributed by atoms with E-state index in [1.54, 1.807) is 0 Å². The second-order valence-corrected chi connectivity index (χ2v) is 10.3. The van der Waals surface area contributed by atoms with Crippen LogP contribution in [-0.2, 0) is 9.84 Å². The molecule has 7 nitrogen and oxygen atoms in total. The molecular formula is C14H18N4O3S3. The van der Waals surface area contributed by atoms with Gasteiger partial charge in [0, 0.05) is 23.0 Å². The van der Waals surface area contributed by atoms with E-state index in [4.69, 9.17) is 5.73 Å². The third-order valence-corrected chi connectivity index (χ3v) is 7.74. The monoisotopic (exact) mass is 386 g/mol. The molecule has 3 rings (SSSR count). The molecule has 0 radical (unpaired) electrons. The number of nitrogens with two attached hydrogens (primary N) is 1. The number of hydrogen-bond acceptors (Lipinski definition) is 8. The van der Waals surface area contributed by atoms with Crippen molar-refractivity contribution in [1.82, 2.24) is 14.8 Å². The van der Waals surface area contributed by atoms with Crippen LogP contribution in [0.1, 0.15) is 34.2 Å². The Bertz CT molecular complexity index is 885. The fraction of sp³-hybridized carbons (Fsp3) is 0.500. The second-order valence-electron chi connectivity index (χ2n) is 5.83. The molecule has 0 aliphatic carbocycles. The fourth-order valence-corrected chi connectivity index (χ4v) is 6.30. The van der Waals surface area contributed by atoms with Gasteiger partial charge in [-0.3, -0.25) is 4.79 Å². The van der Waals surface area contributed by atoms with Gasteiger partial charge < -0.3 is 10.3 Å². The molecule has 1 atom stereocenters. The zero-order chi connectivity index (χ0) is 17.5. The molecule has 24 heavy (non-hydrogen) atoms. The van der Waals surface area contributed by atoms with Gasteiger partial charge in [0.15, 0.2) is 20.0 Å². The van der Waals surface area contributed by atoms with Crippen LogP contribution >= 0.6 is 23.1 Å². The average Bonchev–Trinajstić information content (AvgIpc) is 3.15. The molecule has 1 aliphatic rings. The third kappa shape index (κ3) is 3.50. The molecule has 2 N–H and O–H groups in total. The lowest BCUT2D eigenvalue weighted by atomic mass is 10.2. The van der Waals surface area contributed by atoms with E-state index in [0.717, 1.165) is 11.4 Å². The summed E-state index contributed by atoms with van der Waals surface area (Å²) in [6, 6.07) is 1.77. The highest BCUT2D eigenvalue weighted by atomic mass is 32.2. The number of nitrogens with zero attached hydrogens (tertiary/aromatic N) is 3. The quantitative estimate of drug-likeness (QED) is 0.617. The molecule has 1 fully saturated rings. The molecule has 0 saturated carbocycles. The van der Waals surface area contributed by atoms with Crippen molar-refractivity contribution < 1.29 is 13.2 Å². The lowest BCUT2D eigenvalue weighted by molar-refractivity contribution is 0.102. The van der Waals surface area contributed by atoms with E-state index in [0.29, 0.717) is 21.5 Å². The van der Waals surface area contributed by atoms with Crippen molar-refractivity contribution in [2.75, 3.05) is 23.0 Å². The summed E-state index contributed by atoms with van der Waals surface area (Å²) in [4.78, 5) is 12.5. The number of anilines is 1. The van der Waals surface area contributed by atoms with Gasteiger partial charge in [-0.05, 0) is 26.3 Å². The van der Waals surface area contributed by atoms with E-state index in [2.05, 4.69) is 10.2 Å². The standard InChI is InChI=1S/C14H18N4O3S3/c1-8-5-11(12(19)6-22-14-17-16-13(15)23-14)9(2)18(8)10-3-4-24(20,21)7-10/h5,10H,3-4,6-7H2,1-2H3,(H2,15,16). The van der Waals surface area contributed by atoms with Crippen molar-refractivity contribution in [3.05, 3.63) is 23.0 Å². The summed E-state index contributed by atoms with van der Waals surface area (Å²) in [5, 5.41) is 7.99. The van der Waals surface area contributed by atoms with Gasteiger partial charge in [0.2, 0.25) is 5.13 Å². The zero-order valence-corrected chi connectivity index (χ0v) is 15.8. The number of rotatable bonds is 5. The first-order chi connectivity index (χ1) is 11.3. The number of nitrogen functional groups attached to an aromatic ring is 1. The van der Waals surface area contributed by atoms with Crippen LogP contribution < -0.4 is 5.73 Å². The Morgan fingerprint density at radius 3 is 2.79 bits per heavy atom. The number of carbonyl (C=O) groups is 1. The minimum absolute atomic E-state index is 0.00558. The summed E-state index contributed by atoms with van der Waals surface area (Å²) in [7, 11) is -2.97. The first kappa shape index (κ1) is 17.4. The molecule has 130 valence electrons. The van der Waals surface area contributed by atoms with Crippen LogP contribution in [0.25, 0.3) is 0 Å². The number of aryl methyl sites for hydroxylation is 1. The first-order valence-corrected chi connectivity index (χ1v) is 11.0. The van der Waals surface area contributed by atoms with Gasteiger partial charge in [-0.15, -0.1) is 10.2 Å². The minimum Gasteiger partial charge on any atom is -0.374 e. The number of Topliss-reactive ketones (excluding diaryl/α,β-unsaturated/α-hetero) is 1. The van der Waals surface area contributed by atoms with E-state index in [-0.39, 0.29) is 29.1 Å². The molecule has 1 aliphatic heterocycles. The molecule has 2 aromatic rings. The topological polar surface area (TPSA) is 108 Å². The summed E-state index contributed by atoms with van der Waals surface area (Å²) in [5.41, 5.74) is 7.92. The summed E-state index contributed by atoms with van der Waals surface area (Å²) in [6.45, 7) is 3.78. The van der Waals surface area contributed by atoms with Crippen molar-refractivity contribution in [1.29, 1.82) is 0 Å². The average molecular weight is 387 g/mol. The molecule has 0 amide bonds. The molecule has 2 aromatic heterocycles. The number of sulfone groups is 1. The SMILES string of the molecule is Cc1cc(C(=O)CSc2nnc(N)s2)c(C)n1C1CCS(=O)(=O)C1. The Morgan fingerprint density at radius 1 is 1.46 bits per heavy atom. The van der Waals surface area contributed by atoms with Crippen LogP contribution in [0.15, 0.2) is 10.4 Å². The maximum atomic E-state index is 12.5. The molecule has 0 spiro atoms. The van der Waals surface area contributed by atoms with Gasteiger partial charge in [0.05, 0.1) is 17.3 Å². The summed E-state index contributed by atoms with van der Waals surface area (Å²) < 4.78 is 26.1. The second kappa shape index (κ2) is 6.49. The molecule has 1 unspecified atom stereocenters. The predicted molar refractivity (Wildman–Crippen MR) is 95.6 cm³/mol. The molecule has 0 aromatic carbocycles. The lowest BCUT2D eigenvalue weighted by Gasteiger charge is -2.16. The zero-order valence-electron chi connectivity index (χ0n) is 13.4. The van der Waals surface area contributed by atoms with E-state index >= 15 is 0 Å². The van der Waals surface area contributed by atoms with Crippen molar-refractivity contribution in [3.63, 3.8) is 0 Å². The highest BCUT2D eigenvalue weighted by Crippen LogP contribution is 2.30. The number of thioether (sulfide) groups is 1. The van der Waals surface area contributed by atoms with Gasteiger partial charge in [0.25, 0.3) is 0 Å². The summed E-state index contributed by atoms with van der Waals surface area (Å²) in [5.74, 6) is 0.610. The van der Waals surface area contributed by atoms with Crippen molar-refractivity contribution in [2.45, 2.75) is 30.6 Å². The number of ketones is 1. The molecule has 3 heterocycles. The normalized spacial score (nSPS) is 19.7. The smallest absolute Gasteiger partial charge is 0.203 e. The Labute approximate surface area is 148 Å². The summed E-state index contributed by atoms with van der Waals surface area (Å²) >= 11 is 2.56. The van der Waals surface area contributed by atoms with E-state index in [1.807, 2.05) is 24.5 Å². The lowest BCUT2D eigenvalue weighted by Crippen LogP contribution is -2.14. The van der Waals surface area contributed by atoms with Crippen LogP contribution in [0.3, 0.4) is 0 Å². The number of hydrogen-bond donors (Lipinski definition) is 1. The van der Waals surface area contributed by atoms with E-state index < -0.39 is 9.84 Å². The predicted octanol–water partition coefficient (Wildman–Crippen LogP) is 1.87. The number of carbonyl (C=O) groups excluding carboxylic acids is 1. The summed E-state index contributed by atoms with van der Waals surface area (Å²) in [6.07, 6.45) is 0.602. The highest BCUT2D eigenvalue weighted by Gasteiger charge is 2.31. The van der Waals surface area contributed by atoms with Crippen LogP contribution in [-0.4, -0.2) is 46.2 Å². The highest BCUT2D eigenvalue weighted by molar-refractivity contribution is 8.01. The van der Waals surface area contributed by atoms with E-state index in [9.17, 15) is 13.2 Å². The number of aromatic nitrogens is 3. The van der Waals surface area contributed by atoms with Crippen LogP contribution in [0.5, 0.6) is 0 Å². The van der Waals surface area contributed by atoms with Gasteiger partial charge >= 0.3 is 0 Å².